The molecule has 2 aromatic carbocycles. The molecule has 26 heavy (non-hydrogen) atoms. The number of rotatable bonds is 7. The molecule has 0 aliphatic carbocycles. The van der Waals surface area contributed by atoms with Gasteiger partial charge >= 0.3 is 0 Å². The average Bonchev–Trinajstić information content (AvgIpc) is 2.70. The van der Waals surface area contributed by atoms with Gasteiger partial charge in [-0.1, -0.05) is 48.5 Å². The average molecular weight is 350 g/mol. The van der Waals surface area contributed by atoms with Crippen LogP contribution in [-0.2, 0) is 4.79 Å². The molecule has 1 fully saturated rings. The van der Waals surface area contributed by atoms with Gasteiger partial charge in [-0.15, -0.1) is 0 Å². The second-order valence-corrected chi connectivity index (χ2v) is 6.81. The number of piperidine rings is 1. The Bertz CT molecular complexity index is 707. The smallest absolute Gasteiger partial charge is 0.220 e. The van der Waals surface area contributed by atoms with Crippen LogP contribution < -0.4 is 10.2 Å². The Balaban J connectivity index is 1.35. The lowest BCUT2D eigenvalue weighted by molar-refractivity contribution is -0.122. The lowest BCUT2D eigenvalue weighted by Gasteiger charge is -2.34. The molecule has 0 atom stereocenters. The highest BCUT2D eigenvalue weighted by atomic mass is 16.1. The van der Waals surface area contributed by atoms with Crippen LogP contribution >= 0.6 is 0 Å². The normalized spacial score (nSPS) is 14.8. The van der Waals surface area contributed by atoms with Crippen molar-refractivity contribution >= 4 is 17.4 Å². The molecule has 3 rings (SSSR count). The Morgan fingerprint density at radius 1 is 0.885 bits per heavy atom. The summed E-state index contributed by atoms with van der Waals surface area (Å²) in [5, 5.41) is 3.13. The van der Waals surface area contributed by atoms with Crippen molar-refractivity contribution in [2.45, 2.75) is 38.1 Å². The molecular formula is C22H26N2O2. The van der Waals surface area contributed by atoms with Crippen LogP contribution in [0.2, 0.25) is 0 Å². The predicted octanol–water partition coefficient (Wildman–Crippen LogP) is 3.82. The predicted molar refractivity (Wildman–Crippen MR) is 104 cm³/mol. The molecule has 0 unspecified atom stereocenters. The summed E-state index contributed by atoms with van der Waals surface area (Å²) in [5.74, 6) is 0.165. The molecule has 0 bridgehead atoms. The standard InChI is InChI=1S/C22H26N2O2/c25-21(18-8-3-1-4-9-18)12-7-13-22(26)23-19-14-16-24(17-15-19)20-10-5-2-6-11-20/h1-6,8-11,19H,7,12-17H2,(H,23,26). The molecule has 1 heterocycles. The van der Waals surface area contributed by atoms with E-state index in [0.29, 0.717) is 19.3 Å². The highest BCUT2D eigenvalue weighted by Gasteiger charge is 2.20. The fraction of sp³-hybridized carbons (Fsp3) is 0.364. The van der Waals surface area contributed by atoms with Gasteiger partial charge in [-0.2, -0.15) is 0 Å². The first-order valence-corrected chi connectivity index (χ1v) is 9.40. The summed E-state index contributed by atoms with van der Waals surface area (Å²) in [7, 11) is 0. The molecular weight excluding hydrogens is 324 g/mol. The molecule has 4 heteroatoms. The van der Waals surface area contributed by atoms with Crippen LogP contribution in [-0.4, -0.2) is 30.8 Å². The zero-order chi connectivity index (χ0) is 18.2. The number of benzene rings is 2. The number of ketones is 1. The Labute approximate surface area is 155 Å². The maximum atomic E-state index is 12.1. The van der Waals surface area contributed by atoms with Crippen molar-refractivity contribution < 1.29 is 9.59 Å². The Morgan fingerprint density at radius 2 is 1.50 bits per heavy atom. The summed E-state index contributed by atoms with van der Waals surface area (Å²) in [6.45, 7) is 1.92. The lowest BCUT2D eigenvalue weighted by atomic mass is 10.0. The van der Waals surface area contributed by atoms with E-state index in [0.717, 1.165) is 31.5 Å². The van der Waals surface area contributed by atoms with Crippen LogP contribution in [0.25, 0.3) is 0 Å². The van der Waals surface area contributed by atoms with Crippen LogP contribution in [0.1, 0.15) is 42.5 Å². The highest BCUT2D eigenvalue weighted by Crippen LogP contribution is 2.19. The van der Waals surface area contributed by atoms with Crippen molar-refractivity contribution in [3.8, 4) is 0 Å². The molecule has 0 saturated carbocycles. The lowest BCUT2D eigenvalue weighted by Crippen LogP contribution is -2.44. The molecule has 2 aromatic rings. The third-order valence-electron chi connectivity index (χ3n) is 4.88. The van der Waals surface area contributed by atoms with E-state index in [1.165, 1.54) is 5.69 Å². The van der Waals surface area contributed by atoms with Gasteiger partial charge in [0.25, 0.3) is 0 Å². The quantitative estimate of drug-likeness (QED) is 0.772. The van der Waals surface area contributed by atoms with Crippen molar-refractivity contribution in [2.75, 3.05) is 18.0 Å². The Hall–Kier alpha value is -2.62. The van der Waals surface area contributed by atoms with E-state index in [2.05, 4.69) is 34.5 Å². The van der Waals surface area contributed by atoms with E-state index in [-0.39, 0.29) is 17.7 Å². The minimum Gasteiger partial charge on any atom is -0.371 e. The maximum absolute atomic E-state index is 12.1. The van der Waals surface area contributed by atoms with E-state index < -0.39 is 0 Å². The van der Waals surface area contributed by atoms with Crippen molar-refractivity contribution in [2.24, 2.45) is 0 Å². The number of amides is 1. The summed E-state index contributed by atoms with van der Waals surface area (Å²) in [5.41, 5.74) is 1.97. The summed E-state index contributed by atoms with van der Waals surface area (Å²) in [6.07, 6.45) is 3.36. The molecule has 0 spiro atoms. The molecule has 1 aliphatic heterocycles. The Kier molecular flexibility index (Phi) is 6.42. The topological polar surface area (TPSA) is 49.4 Å². The fourth-order valence-corrected chi connectivity index (χ4v) is 3.40. The zero-order valence-electron chi connectivity index (χ0n) is 15.1. The third-order valence-corrected chi connectivity index (χ3v) is 4.88. The molecule has 0 aromatic heterocycles. The van der Waals surface area contributed by atoms with E-state index in [1.807, 2.05) is 36.4 Å². The van der Waals surface area contributed by atoms with Crippen molar-refractivity contribution in [1.82, 2.24) is 5.32 Å². The first-order valence-electron chi connectivity index (χ1n) is 9.40. The Morgan fingerprint density at radius 3 is 2.15 bits per heavy atom. The van der Waals surface area contributed by atoms with Gasteiger partial charge in [0.2, 0.25) is 5.91 Å². The molecule has 1 amide bonds. The third kappa shape index (κ3) is 5.19. The largest absolute Gasteiger partial charge is 0.371 e. The maximum Gasteiger partial charge on any atom is 0.220 e. The van der Waals surface area contributed by atoms with Gasteiger partial charge in [-0.25, -0.2) is 0 Å². The summed E-state index contributed by atoms with van der Waals surface area (Å²) >= 11 is 0. The number of nitrogens with one attached hydrogen (secondary N) is 1. The van der Waals surface area contributed by atoms with Crippen molar-refractivity contribution in [3.05, 3.63) is 66.2 Å². The monoisotopic (exact) mass is 350 g/mol. The molecule has 4 nitrogen and oxygen atoms in total. The summed E-state index contributed by atoms with van der Waals surface area (Å²) < 4.78 is 0. The SMILES string of the molecule is O=C(CCCC(=O)c1ccccc1)NC1CCN(c2ccccc2)CC1. The van der Waals surface area contributed by atoms with Crippen LogP contribution in [0.15, 0.2) is 60.7 Å². The van der Waals surface area contributed by atoms with Gasteiger partial charge in [0.15, 0.2) is 5.78 Å². The van der Waals surface area contributed by atoms with Gasteiger partial charge in [0.1, 0.15) is 0 Å². The fourth-order valence-electron chi connectivity index (χ4n) is 3.40. The second kappa shape index (κ2) is 9.18. The number of anilines is 1. The number of para-hydroxylation sites is 1. The molecule has 1 saturated heterocycles. The molecule has 1 N–H and O–H groups in total. The van der Waals surface area contributed by atoms with Crippen LogP contribution in [0, 0.1) is 0 Å². The van der Waals surface area contributed by atoms with Gasteiger partial charge in [0, 0.05) is 43.2 Å². The van der Waals surface area contributed by atoms with Crippen molar-refractivity contribution in [3.63, 3.8) is 0 Å². The number of hydrogen-bond donors (Lipinski definition) is 1. The van der Waals surface area contributed by atoms with Gasteiger partial charge in [0.05, 0.1) is 0 Å². The first-order chi connectivity index (χ1) is 12.7. The van der Waals surface area contributed by atoms with E-state index in [4.69, 9.17) is 0 Å². The van der Waals surface area contributed by atoms with Crippen molar-refractivity contribution in [1.29, 1.82) is 0 Å². The number of carbonyl (C=O) groups excluding carboxylic acids is 2. The van der Waals surface area contributed by atoms with Gasteiger partial charge in [-0.3, -0.25) is 9.59 Å². The van der Waals surface area contributed by atoms with Gasteiger partial charge < -0.3 is 10.2 Å². The van der Waals surface area contributed by atoms with Crippen LogP contribution in [0.3, 0.4) is 0 Å². The van der Waals surface area contributed by atoms with E-state index in [9.17, 15) is 9.59 Å². The minimum absolute atomic E-state index is 0.0593. The number of nitrogens with zero attached hydrogens (tertiary/aromatic N) is 1. The number of Topliss-reactive ketones (excluding diaryl/α,β-unsaturated/α-hetero) is 1. The highest BCUT2D eigenvalue weighted by molar-refractivity contribution is 5.96. The first kappa shape index (κ1) is 18.2. The second-order valence-electron chi connectivity index (χ2n) is 6.81. The summed E-state index contributed by atoms with van der Waals surface area (Å²) in [4.78, 5) is 26.6. The summed E-state index contributed by atoms with van der Waals surface area (Å²) in [6, 6.07) is 19.9. The number of hydrogen-bond acceptors (Lipinski definition) is 3. The minimum atomic E-state index is 0.0593. The zero-order valence-corrected chi connectivity index (χ0v) is 15.1. The van der Waals surface area contributed by atoms with Crippen LogP contribution in [0.4, 0.5) is 5.69 Å². The van der Waals surface area contributed by atoms with Crippen LogP contribution in [0.5, 0.6) is 0 Å². The number of carbonyl (C=O) groups is 2. The molecule has 136 valence electrons. The molecule has 0 radical (unpaired) electrons. The van der Waals surface area contributed by atoms with E-state index in [1.54, 1.807) is 0 Å². The van der Waals surface area contributed by atoms with E-state index >= 15 is 0 Å². The molecule has 1 aliphatic rings. The van der Waals surface area contributed by atoms with Gasteiger partial charge in [-0.05, 0) is 31.4 Å².